The second-order valence-corrected chi connectivity index (χ2v) is 5.53. The summed E-state index contributed by atoms with van der Waals surface area (Å²) in [6, 6.07) is 0. The Kier molecular flexibility index (Phi) is 4.45. The average Bonchev–Trinajstić information content (AvgIpc) is 3.20. The number of aromatic nitrogens is 5. The highest BCUT2D eigenvalue weighted by Gasteiger charge is 2.11. The predicted molar refractivity (Wildman–Crippen MR) is 81.0 cm³/mol. The molecule has 3 aromatic rings. The van der Waals surface area contributed by atoms with Crippen LogP contribution in [-0.4, -0.2) is 50.3 Å². The van der Waals surface area contributed by atoms with Gasteiger partial charge in [-0.05, 0) is 0 Å². The molecule has 0 unspecified atom stereocenters. The lowest BCUT2D eigenvalue weighted by atomic mass is 10.3. The molecular formula is C13H16N6O2S. The molecule has 0 fully saturated rings. The van der Waals surface area contributed by atoms with E-state index in [1.807, 2.05) is 20.5 Å². The molecule has 0 radical (unpaired) electrons. The van der Waals surface area contributed by atoms with Gasteiger partial charge in [0.05, 0.1) is 6.61 Å². The Labute approximate surface area is 130 Å². The zero-order valence-electron chi connectivity index (χ0n) is 12.1. The summed E-state index contributed by atoms with van der Waals surface area (Å²) in [5.41, 5.74) is 0.424. The van der Waals surface area contributed by atoms with Crippen LogP contribution in [0.5, 0.6) is 0 Å². The van der Waals surface area contributed by atoms with Crippen LogP contribution in [0.3, 0.4) is 0 Å². The number of nitrogens with one attached hydrogen (secondary N) is 1. The van der Waals surface area contributed by atoms with E-state index < -0.39 is 0 Å². The quantitative estimate of drug-likeness (QED) is 0.689. The van der Waals surface area contributed by atoms with Gasteiger partial charge < -0.3 is 14.6 Å². The topological polar surface area (TPSA) is 86.3 Å². The van der Waals surface area contributed by atoms with Gasteiger partial charge in [-0.15, -0.1) is 21.5 Å². The van der Waals surface area contributed by atoms with E-state index in [9.17, 15) is 4.79 Å². The lowest BCUT2D eigenvalue weighted by Crippen LogP contribution is -2.27. The van der Waals surface area contributed by atoms with E-state index in [-0.39, 0.29) is 5.91 Å². The Morgan fingerprint density at radius 3 is 3.23 bits per heavy atom. The van der Waals surface area contributed by atoms with Crippen LogP contribution in [0.25, 0.3) is 4.96 Å². The van der Waals surface area contributed by atoms with Gasteiger partial charge in [-0.3, -0.25) is 9.20 Å². The van der Waals surface area contributed by atoms with E-state index in [1.165, 1.54) is 11.3 Å². The number of hydrogen-bond acceptors (Lipinski definition) is 6. The molecule has 3 heterocycles. The first-order chi connectivity index (χ1) is 10.8. The van der Waals surface area contributed by atoms with Crippen LogP contribution in [0, 0.1) is 0 Å². The van der Waals surface area contributed by atoms with Crippen molar-refractivity contribution in [3.8, 4) is 0 Å². The predicted octanol–water partition coefficient (Wildman–Crippen LogP) is 0.606. The Morgan fingerprint density at radius 2 is 2.41 bits per heavy atom. The SMILES string of the molecule is COCCn1cnnc1CCNC(=O)c1cn2ccsc2n1. The molecule has 0 bridgehead atoms. The second-order valence-electron chi connectivity index (χ2n) is 4.66. The first-order valence-electron chi connectivity index (χ1n) is 6.84. The fraction of sp³-hybridized carbons (Fsp3) is 0.385. The third kappa shape index (κ3) is 3.15. The van der Waals surface area contributed by atoms with Crippen LogP contribution < -0.4 is 5.32 Å². The first-order valence-corrected chi connectivity index (χ1v) is 7.72. The molecule has 1 N–H and O–H groups in total. The number of imidazole rings is 1. The molecule has 0 atom stereocenters. The Bertz CT molecular complexity index is 733. The minimum Gasteiger partial charge on any atom is -0.383 e. The third-order valence-corrected chi connectivity index (χ3v) is 3.96. The number of fused-ring (bicyclic) bond motifs is 1. The monoisotopic (exact) mass is 320 g/mol. The van der Waals surface area contributed by atoms with Gasteiger partial charge in [0.1, 0.15) is 17.8 Å². The molecule has 8 nitrogen and oxygen atoms in total. The largest absolute Gasteiger partial charge is 0.383 e. The number of amides is 1. The number of carbonyl (C=O) groups excluding carboxylic acids is 1. The molecule has 3 aromatic heterocycles. The van der Waals surface area contributed by atoms with Crippen LogP contribution in [-0.2, 0) is 17.7 Å². The number of nitrogens with zero attached hydrogens (tertiary/aromatic N) is 5. The van der Waals surface area contributed by atoms with Crippen molar-refractivity contribution in [2.45, 2.75) is 13.0 Å². The Morgan fingerprint density at radius 1 is 1.50 bits per heavy atom. The number of rotatable bonds is 7. The smallest absolute Gasteiger partial charge is 0.271 e. The van der Waals surface area contributed by atoms with E-state index in [0.29, 0.717) is 31.8 Å². The molecule has 0 aliphatic carbocycles. The maximum atomic E-state index is 12.1. The number of methoxy groups -OCH3 is 1. The summed E-state index contributed by atoms with van der Waals surface area (Å²) >= 11 is 1.50. The van der Waals surface area contributed by atoms with Crippen LogP contribution in [0.2, 0.25) is 0 Å². The maximum Gasteiger partial charge on any atom is 0.271 e. The summed E-state index contributed by atoms with van der Waals surface area (Å²) in [6.45, 7) is 1.78. The van der Waals surface area contributed by atoms with Gasteiger partial charge in [-0.25, -0.2) is 4.98 Å². The molecule has 0 aromatic carbocycles. The van der Waals surface area contributed by atoms with Gasteiger partial charge in [-0.1, -0.05) is 0 Å². The van der Waals surface area contributed by atoms with Gasteiger partial charge >= 0.3 is 0 Å². The van der Waals surface area contributed by atoms with Crippen molar-refractivity contribution in [2.75, 3.05) is 20.3 Å². The molecule has 0 spiro atoms. The van der Waals surface area contributed by atoms with Gasteiger partial charge in [0, 0.05) is 44.4 Å². The van der Waals surface area contributed by atoms with Gasteiger partial charge in [0.15, 0.2) is 4.96 Å². The lowest BCUT2D eigenvalue weighted by molar-refractivity contribution is 0.0949. The summed E-state index contributed by atoms with van der Waals surface area (Å²) in [5.74, 6) is 0.641. The Hall–Kier alpha value is -2.26. The fourth-order valence-corrected chi connectivity index (χ4v) is 2.76. The normalized spacial score (nSPS) is 11.1. The van der Waals surface area contributed by atoms with Crippen molar-refractivity contribution in [3.63, 3.8) is 0 Å². The summed E-state index contributed by atoms with van der Waals surface area (Å²) < 4.78 is 8.79. The highest BCUT2D eigenvalue weighted by Crippen LogP contribution is 2.11. The first kappa shape index (κ1) is 14.7. The van der Waals surface area contributed by atoms with Gasteiger partial charge in [0.2, 0.25) is 0 Å². The maximum absolute atomic E-state index is 12.1. The molecule has 22 heavy (non-hydrogen) atoms. The van der Waals surface area contributed by atoms with Crippen LogP contribution in [0.1, 0.15) is 16.3 Å². The molecule has 1 amide bonds. The van der Waals surface area contributed by atoms with E-state index in [0.717, 1.165) is 10.8 Å². The number of hydrogen-bond donors (Lipinski definition) is 1. The van der Waals surface area contributed by atoms with E-state index in [4.69, 9.17) is 4.74 Å². The summed E-state index contributed by atoms with van der Waals surface area (Å²) in [7, 11) is 1.65. The average molecular weight is 320 g/mol. The zero-order valence-corrected chi connectivity index (χ0v) is 12.9. The van der Waals surface area contributed by atoms with Crippen molar-refractivity contribution in [2.24, 2.45) is 0 Å². The lowest BCUT2D eigenvalue weighted by Gasteiger charge is -2.06. The van der Waals surface area contributed by atoms with E-state index >= 15 is 0 Å². The molecule has 0 saturated carbocycles. The van der Waals surface area contributed by atoms with Crippen molar-refractivity contribution in [1.82, 2.24) is 29.5 Å². The minimum absolute atomic E-state index is 0.182. The molecule has 0 saturated heterocycles. The fourth-order valence-electron chi connectivity index (χ4n) is 2.06. The zero-order chi connectivity index (χ0) is 15.4. The highest BCUT2D eigenvalue weighted by molar-refractivity contribution is 7.15. The number of carbonyl (C=O) groups is 1. The van der Waals surface area contributed by atoms with E-state index in [1.54, 1.807) is 19.6 Å². The van der Waals surface area contributed by atoms with Crippen molar-refractivity contribution in [1.29, 1.82) is 0 Å². The Balaban J connectivity index is 1.53. The van der Waals surface area contributed by atoms with Gasteiger partial charge in [-0.2, -0.15) is 0 Å². The summed E-state index contributed by atoms with van der Waals surface area (Å²) in [4.78, 5) is 17.1. The van der Waals surface area contributed by atoms with E-state index in [2.05, 4.69) is 20.5 Å². The van der Waals surface area contributed by atoms with Crippen LogP contribution in [0.15, 0.2) is 24.1 Å². The summed E-state index contributed by atoms with van der Waals surface area (Å²) in [5, 5.41) is 12.7. The second kappa shape index (κ2) is 6.67. The molecule has 116 valence electrons. The standard InChI is InChI=1S/C13H16N6O2S/c1-21-6-4-19-9-15-17-11(19)2-3-14-12(20)10-8-18-5-7-22-13(18)16-10/h5,7-9H,2-4,6H2,1H3,(H,14,20). The molecule has 9 heteroatoms. The molecule has 0 aliphatic heterocycles. The van der Waals surface area contributed by atoms with Crippen molar-refractivity contribution in [3.05, 3.63) is 35.6 Å². The van der Waals surface area contributed by atoms with Gasteiger partial charge in [0.25, 0.3) is 5.91 Å². The third-order valence-electron chi connectivity index (χ3n) is 3.19. The van der Waals surface area contributed by atoms with Crippen molar-refractivity contribution >= 4 is 22.2 Å². The molecule has 3 rings (SSSR count). The van der Waals surface area contributed by atoms with Crippen LogP contribution >= 0.6 is 11.3 Å². The highest BCUT2D eigenvalue weighted by atomic mass is 32.1. The van der Waals surface area contributed by atoms with Crippen LogP contribution in [0.4, 0.5) is 0 Å². The van der Waals surface area contributed by atoms with Crippen molar-refractivity contribution < 1.29 is 9.53 Å². The molecular weight excluding hydrogens is 304 g/mol. The number of thiazole rings is 1. The number of ether oxygens (including phenoxy) is 1. The molecule has 0 aliphatic rings. The minimum atomic E-state index is -0.182. The summed E-state index contributed by atoms with van der Waals surface area (Å²) in [6.07, 6.45) is 5.88.